The second-order valence-corrected chi connectivity index (χ2v) is 7.27. The second-order valence-electron chi connectivity index (χ2n) is 6.42. The first-order valence-corrected chi connectivity index (χ1v) is 7.70. The molecule has 1 nitrogen and oxygen atoms in total. The van der Waals surface area contributed by atoms with Crippen LogP contribution in [0.4, 0.5) is 0 Å². The fraction of sp³-hybridized carbons (Fsp3) is 0.625. The molecule has 1 rings (SSSR count). The van der Waals surface area contributed by atoms with Gasteiger partial charge in [-0.2, -0.15) is 0 Å². The van der Waals surface area contributed by atoms with Gasteiger partial charge in [0.25, 0.3) is 0 Å². The Labute approximate surface area is 127 Å². The molecule has 1 aromatic carbocycles. The van der Waals surface area contributed by atoms with Gasteiger partial charge >= 0.3 is 0 Å². The number of aryl methyl sites for hydroxylation is 1. The number of hydrogen-bond acceptors (Lipinski definition) is 1. The lowest BCUT2D eigenvalue weighted by Gasteiger charge is -2.26. The fourth-order valence-electron chi connectivity index (χ4n) is 2.00. The Morgan fingerprint density at radius 2 is 1.89 bits per heavy atom. The van der Waals surface area contributed by atoms with Crippen molar-refractivity contribution in [1.82, 2.24) is 5.32 Å². The van der Waals surface area contributed by atoms with Crippen LogP contribution >= 0.6 is 23.2 Å². The maximum atomic E-state index is 6.20. The topological polar surface area (TPSA) is 12.0 Å². The first-order valence-electron chi connectivity index (χ1n) is 6.95. The van der Waals surface area contributed by atoms with Crippen molar-refractivity contribution in [2.75, 3.05) is 13.1 Å². The van der Waals surface area contributed by atoms with Gasteiger partial charge in [0.1, 0.15) is 0 Å². The van der Waals surface area contributed by atoms with Gasteiger partial charge < -0.3 is 5.32 Å². The molecule has 3 heteroatoms. The Kier molecular flexibility index (Phi) is 6.65. The van der Waals surface area contributed by atoms with Crippen LogP contribution in [0, 0.1) is 11.3 Å². The van der Waals surface area contributed by atoms with Crippen molar-refractivity contribution < 1.29 is 0 Å². The van der Waals surface area contributed by atoms with Crippen molar-refractivity contribution in [3.63, 3.8) is 0 Å². The monoisotopic (exact) mass is 301 g/mol. The van der Waals surface area contributed by atoms with Crippen LogP contribution in [-0.4, -0.2) is 13.1 Å². The summed E-state index contributed by atoms with van der Waals surface area (Å²) in [6.45, 7) is 11.1. The Morgan fingerprint density at radius 1 is 1.21 bits per heavy atom. The van der Waals surface area contributed by atoms with Gasteiger partial charge in [0.2, 0.25) is 0 Å². The highest BCUT2D eigenvalue weighted by molar-refractivity contribution is 6.33. The first kappa shape index (κ1) is 16.8. The van der Waals surface area contributed by atoms with Gasteiger partial charge in [-0.05, 0) is 54.5 Å². The van der Waals surface area contributed by atoms with E-state index in [2.05, 4.69) is 33.0 Å². The van der Waals surface area contributed by atoms with Gasteiger partial charge in [-0.15, -0.1) is 0 Å². The Hall–Kier alpha value is -0.240. The van der Waals surface area contributed by atoms with Crippen molar-refractivity contribution in [2.45, 2.75) is 40.5 Å². The molecule has 19 heavy (non-hydrogen) atoms. The lowest BCUT2D eigenvalue weighted by atomic mass is 9.86. The molecule has 1 N–H and O–H groups in total. The van der Waals surface area contributed by atoms with Crippen LogP contribution in [0.3, 0.4) is 0 Å². The molecule has 0 unspecified atom stereocenters. The highest BCUT2D eigenvalue weighted by Crippen LogP contribution is 2.27. The summed E-state index contributed by atoms with van der Waals surface area (Å²) in [5, 5.41) is 5.10. The Bertz CT molecular complexity index is 400. The van der Waals surface area contributed by atoms with Crippen molar-refractivity contribution in [1.29, 1.82) is 0 Å². The van der Waals surface area contributed by atoms with Gasteiger partial charge in [-0.1, -0.05) is 50.9 Å². The van der Waals surface area contributed by atoms with Crippen LogP contribution in [0.15, 0.2) is 18.2 Å². The predicted octanol–water partition coefficient (Wildman–Crippen LogP) is 5.20. The van der Waals surface area contributed by atoms with E-state index < -0.39 is 0 Å². The minimum Gasteiger partial charge on any atom is -0.316 e. The normalized spacial score (nSPS) is 12.2. The van der Waals surface area contributed by atoms with Crippen molar-refractivity contribution in [3.05, 3.63) is 33.8 Å². The highest BCUT2D eigenvalue weighted by atomic mass is 35.5. The van der Waals surface area contributed by atoms with Gasteiger partial charge in [0, 0.05) is 16.6 Å². The zero-order valence-electron chi connectivity index (χ0n) is 12.4. The molecule has 0 aliphatic heterocycles. The van der Waals surface area contributed by atoms with Crippen molar-refractivity contribution in [2.24, 2.45) is 11.3 Å². The summed E-state index contributed by atoms with van der Waals surface area (Å²) in [7, 11) is 0. The van der Waals surface area contributed by atoms with E-state index in [0.29, 0.717) is 5.92 Å². The third-order valence-electron chi connectivity index (χ3n) is 3.24. The van der Waals surface area contributed by atoms with E-state index in [1.54, 1.807) is 0 Å². The van der Waals surface area contributed by atoms with E-state index >= 15 is 0 Å². The SMILES string of the molecule is CC(C)CNCC(C)(C)CCc1cc(Cl)ccc1Cl. The van der Waals surface area contributed by atoms with Crippen LogP contribution < -0.4 is 5.32 Å². The molecule has 0 aromatic heterocycles. The average molecular weight is 302 g/mol. The number of nitrogens with one attached hydrogen (secondary N) is 1. The van der Waals surface area contributed by atoms with Crippen LogP contribution in [0.2, 0.25) is 10.0 Å². The molecule has 0 spiro atoms. The molecule has 1 aromatic rings. The first-order chi connectivity index (χ1) is 8.80. The molecule has 0 aliphatic carbocycles. The van der Waals surface area contributed by atoms with E-state index in [0.717, 1.165) is 41.5 Å². The molecule has 0 saturated heterocycles. The van der Waals surface area contributed by atoms with Gasteiger partial charge in [-0.3, -0.25) is 0 Å². The second kappa shape index (κ2) is 7.52. The molecule has 0 fully saturated rings. The number of rotatable bonds is 7. The molecular formula is C16H25Cl2N. The lowest BCUT2D eigenvalue weighted by Crippen LogP contribution is -2.32. The molecule has 0 amide bonds. The molecular weight excluding hydrogens is 277 g/mol. The minimum atomic E-state index is 0.264. The van der Waals surface area contributed by atoms with E-state index in [9.17, 15) is 0 Å². The molecule has 0 aliphatic rings. The minimum absolute atomic E-state index is 0.264. The molecule has 0 atom stereocenters. The maximum absolute atomic E-state index is 6.20. The summed E-state index contributed by atoms with van der Waals surface area (Å²) in [4.78, 5) is 0. The molecule has 0 heterocycles. The largest absolute Gasteiger partial charge is 0.316 e. The van der Waals surface area contributed by atoms with Gasteiger partial charge in [-0.25, -0.2) is 0 Å². The quantitative estimate of drug-likeness (QED) is 0.730. The third kappa shape index (κ3) is 6.65. The zero-order valence-corrected chi connectivity index (χ0v) is 13.9. The summed E-state index contributed by atoms with van der Waals surface area (Å²) in [6, 6.07) is 5.69. The van der Waals surface area contributed by atoms with Crippen LogP contribution in [-0.2, 0) is 6.42 Å². The van der Waals surface area contributed by atoms with E-state index in [-0.39, 0.29) is 5.41 Å². The molecule has 0 saturated carbocycles. The van der Waals surface area contributed by atoms with Crippen molar-refractivity contribution in [3.8, 4) is 0 Å². The summed E-state index contributed by atoms with van der Waals surface area (Å²) >= 11 is 12.2. The van der Waals surface area contributed by atoms with Crippen LogP contribution in [0.25, 0.3) is 0 Å². The standard InChI is InChI=1S/C16H25Cl2N/c1-12(2)10-19-11-16(3,4)8-7-13-9-14(17)5-6-15(13)18/h5-6,9,12,19H,7-8,10-11H2,1-4H3. The highest BCUT2D eigenvalue weighted by Gasteiger charge is 2.18. The molecule has 108 valence electrons. The zero-order chi connectivity index (χ0) is 14.5. The van der Waals surface area contributed by atoms with E-state index in [4.69, 9.17) is 23.2 Å². The van der Waals surface area contributed by atoms with Crippen LogP contribution in [0.5, 0.6) is 0 Å². The van der Waals surface area contributed by atoms with Crippen molar-refractivity contribution >= 4 is 23.2 Å². The summed E-state index contributed by atoms with van der Waals surface area (Å²) in [5.74, 6) is 0.693. The molecule has 0 radical (unpaired) electrons. The predicted molar refractivity (Wildman–Crippen MR) is 86.3 cm³/mol. The summed E-state index contributed by atoms with van der Waals surface area (Å²) in [6.07, 6.45) is 2.06. The van der Waals surface area contributed by atoms with E-state index in [1.807, 2.05) is 18.2 Å². The fourth-order valence-corrected chi connectivity index (χ4v) is 2.40. The lowest BCUT2D eigenvalue weighted by molar-refractivity contribution is 0.308. The van der Waals surface area contributed by atoms with Gasteiger partial charge in [0.05, 0.1) is 0 Å². The number of hydrogen-bond donors (Lipinski definition) is 1. The number of benzene rings is 1. The number of halogens is 2. The summed E-state index contributed by atoms with van der Waals surface area (Å²) in [5.41, 5.74) is 1.41. The summed E-state index contributed by atoms with van der Waals surface area (Å²) < 4.78 is 0. The Morgan fingerprint density at radius 3 is 2.53 bits per heavy atom. The third-order valence-corrected chi connectivity index (χ3v) is 3.84. The van der Waals surface area contributed by atoms with E-state index in [1.165, 1.54) is 0 Å². The Balaban J connectivity index is 2.47. The average Bonchev–Trinajstić information content (AvgIpc) is 2.30. The molecule has 0 bridgehead atoms. The maximum Gasteiger partial charge on any atom is 0.0439 e. The van der Waals surface area contributed by atoms with Crippen LogP contribution in [0.1, 0.15) is 39.7 Å². The smallest absolute Gasteiger partial charge is 0.0439 e. The van der Waals surface area contributed by atoms with Gasteiger partial charge in [0.15, 0.2) is 0 Å².